The summed E-state index contributed by atoms with van der Waals surface area (Å²) < 4.78 is 16.4. The van der Waals surface area contributed by atoms with E-state index in [0.29, 0.717) is 28.3 Å². The molecule has 2 amide bonds. The van der Waals surface area contributed by atoms with Gasteiger partial charge in [0, 0.05) is 5.69 Å². The fourth-order valence-electron chi connectivity index (χ4n) is 3.60. The summed E-state index contributed by atoms with van der Waals surface area (Å²) >= 11 is 6.39. The number of ether oxygens (including phenoxy) is 3. The number of nitrogens with zero attached hydrogens (tertiary/aromatic N) is 1. The Labute approximate surface area is 218 Å². The summed E-state index contributed by atoms with van der Waals surface area (Å²) in [6.45, 7) is -0.262. The van der Waals surface area contributed by atoms with Gasteiger partial charge in [0.15, 0.2) is 18.1 Å². The molecule has 0 radical (unpaired) electrons. The van der Waals surface area contributed by atoms with E-state index in [-0.39, 0.29) is 23.3 Å². The quantitative estimate of drug-likeness (QED) is 0.232. The summed E-state index contributed by atoms with van der Waals surface area (Å²) in [4.78, 5) is 25.0. The van der Waals surface area contributed by atoms with Crippen molar-refractivity contribution in [2.45, 2.75) is 0 Å². The van der Waals surface area contributed by atoms with E-state index in [1.54, 1.807) is 36.4 Å². The molecule has 0 saturated heterocycles. The lowest BCUT2D eigenvalue weighted by atomic mass is 10.1. The normalized spacial score (nSPS) is 10.8. The molecule has 188 valence electrons. The smallest absolute Gasteiger partial charge is 0.275 e. The third kappa shape index (κ3) is 6.36. The lowest BCUT2D eigenvalue weighted by Crippen LogP contribution is -2.20. The molecule has 0 spiro atoms. The van der Waals surface area contributed by atoms with E-state index in [0.717, 1.165) is 10.8 Å². The van der Waals surface area contributed by atoms with Crippen LogP contribution in [-0.2, 0) is 4.79 Å². The van der Waals surface area contributed by atoms with E-state index in [9.17, 15) is 9.59 Å². The van der Waals surface area contributed by atoms with Crippen molar-refractivity contribution in [2.75, 3.05) is 26.1 Å². The monoisotopic (exact) mass is 517 g/mol. The lowest BCUT2D eigenvalue weighted by Gasteiger charge is -2.13. The van der Waals surface area contributed by atoms with Gasteiger partial charge >= 0.3 is 0 Å². The van der Waals surface area contributed by atoms with Gasteiger partial charge in [-0.1, -0.05) is 54.1 Å². The second kappa shape index (κ2) is 11.9. The Morgan fingerprint density at radius 1 is 0.892 bits per heavy atom. The number of benzene rings is 4. The van der Waals surface area contributed by atoms with Crippen LogP contribution in [0.3, 0.4) is 0 Å². The largest absolute Gasteiger partial charge is 0.496 e. The van der Waals surface area contributed by atoms with Crippen LogP contribution in [-0.4, -0.2) is 38.9 Å². The van der Waals surface area contributed by atoms with Gasteiger partial charge in [0.1, 0.15) is 5.75 Å². The van der Waals surface area contributed by atoms with Crippen LogP contribution >= 0.6 is 11.6 Å². The van der Waals surface area contributed by atoms with Crippen molar-refractivity contribution in [3.05, 3.63) is 95.0 Å². The highest BCUT2D eigenvalue weighted by atomic mass is 35.5. The molecular weight excluding hydrogens is 494 g/mol. The molecule has 4 aromatic rings. The minimum absolute atomic E-state index is 0.217. The number of anilines is 1. The third-order valence-corrected chi connectivity index (χ3v) is 5.63. The van der Waals surface area contributed by atoms with Crippen LogP contribution in [0.5, 0.6) is 17.2 Å². The average molecular weight is 518 g/mol. The van der Waals surface area contributed by atoms with E-state index in [1.165, 1.54) is 20.4 Å². The van der Waals surface area contributed by atoms with Crippen molar-refractivity contribution < 1.29 is 23.8 Å². The third-order valence-electron chi connectivity index (χ3n) is 5.35. The molecule has 9 heteroatoms. The highest BCUT2D eigenvalue weighted by Crippen LogP contribution is 2.36. The van der Waals surface area contributed by atoms with Gasteiger partial charge in [0.05, 0.1) is 31.0 Å². The number of carbonyl (C=O) groups is 2. The number of para-hydroxylation sites is 1. The number of methoxy groups -OCH3 is 2. The predicted molar refractivity (Wildman–Crippen MR) is 144 cm³/mol. The first-order valence-corrected chi connectivity index (χ1v) is 11.6. The molecule has 0 atom stereocenters. The molecule has 0 aliphatic carbocycles. The molecule has 2 N–H and O–H groups in total. The topological polar surface area (TPSA) is 98.3 Å². The Kier molecular flexibility index (Phi) is 8.22. The van der Waals surface area contributed by atoms with Crippen LogP contribution in [0.2, 0.25) is 5.02 Å². The average Bonchev–Trinajstić information content (AvgIpc) is 2.91. The number of nitrogens with one attached hydrogen (secondary N) is 2. The zero-order valence-electron chi connectivity index (χ0n) is 20.2. The number of hydrogen-bond acceptors (Lipinski definition) is 6. The van der Waals surface area contributed by atoms with E-state index in [1.807, 2.05) is 42.5 Å². The standard InChI is InChI=1S/C28H24ClN3O5/c1-35-24-15-20-9-7-6-8-19(20)14-22(24)28(34)32-30-16-18-12-23(29)27(25(13-18)36-2)37-17-26(33)31-21-10-4-3-5-11-21/h3-16H,17H2,1-2H3,(H,31,33)(H,32,34)/b30-16-. The van der Waals surface area contributed by atoms with Gasteiger partial charge in [0.25, 0.3) is 11.8 Å². The van der Waals surface area contributed by atoms with Crippen LogP contribution < -0.4 is 25.0 Å². The van der Waals surface area contributed by atoms with Crippen LogP contribution in [0.4, 0.5) is 5.69 Å². The van der Waals surface area contributed by atoms with Crippen molar-refractivity contribution in [2.24, 2.45) is 5.10 Å². The van der Waals surface area contributed by atoms with Crippen molar-refractivity contribution in [3.8, 4) is 17.2 Å². The molecule has 0 saturated carbocycles. The highest BCUT2D eigenvalue weighted by molar-refractivity contribution is 6.32. The number of carbonyl (C=O) groups excluding carboxylic acids is 2. The minimum atomic E-state index is -0.429. The Morgan fingerprint density at radius 2 is 1.57 bits per heavy atom. The first kappa shape index (κ1) is 25.5. The summed E-state index contributed by atoms with van der Waals surface area (Å²) in [5.74, 6) is 0.190. The Bertz CT molecular complexity index is 1460. The van der Waals surface area contributed by atoms with Gasteiger partial charge in [-0.3, -0.25) is 9.59 Å². The highest BCUT2D eigenvalue weighted by Gasteiger charge is 2.15. The predicted octanol–water partition coefficient (Wildman–Crippen LogP) is 5.29. The first-order valence-electron chi connectivity index (χ1n) is 11.2. The molecule has 4 aromatic carbocycles. The van der Waals surface area contributed by atoms with Gasteiger partial charge in [0.2, 0.25) is 0 Å². The summed E-state index contributed by atoms with van der Waals surface area (Å²) in [5.41, 5.74) is 4.06. The maximum atomic E-state index is 12.8. The molecule has 0 aromatic heterocycles. The Morgan fingerprint density at radius 3 is 2.27 bits per heavy atom. The van der Waals surface area contributed by atoms with Crippen molar-refractivity contribution >= 4 is 46.1 Å². The molecule has 0 unspecified atom stereocenters. The summed E-state index contributed by atoms with van der Waals surface area (Å²) in [6, 6.07) is 23.5. The molecule has 37 heavy (non-hydrogen) atoms. The Balaban J connectivity index is 1.43. The van der Waals surface area contributed by atoms with Gasteiger partial charge < -0.3 is 19.5 Å². The van der Waals surface area contributed by atoms with Gasteiger partial charge in [-0.25, -0.2) is 5.43 Å². The van der Waals surface area contributed by atoms with Crippen LogP contribution in [0.1, 0.15) is 15.9 Å². The van der Waals surface area contributed by atoms with Gasteiger partial charge in [-0.15, -0.1) is 0 Å². The lowest BCUT2D eigenvalue weighted by molar-refractivity contribution is -0.118. The van der Waals surface area contributed by atoms with E-state index < -0.39 is 5.91 Å². The van der Waals surface area contributed by atoms with E-state index in [4.69, 9.17) is 25.8 Å². The van der Waals surface area contributed by atoms with E-state index in [2.05, 4.69) is 15.8 Å². The number of fused-ring (bicyclic) bond motifs is 1. The molecular formula is C28H24ClN3O5. The van der Waals surface area contributed by atoms with Crippen molar-refractivity contribution in [1.29, 1.82) is 0 Å². The fourth-order valence-corrected chi connectivity index (χ4v) is 3.88. The first-order chi connectivity index (χ1) is 18.0. The van der Waals surface area contributed by atoms with Gasteiger partial charge in [-0.2, -0.15) is 5.10 Å². The summed E-state index contributed by atoms with van der Waals surface area (Å²) in [5, 5.41) is 8.86. The fraction of sp³-hybridized carbons (Fsp3) is 0.107. The van der Waals surface area contributed by atoms with Crippen molar-refractivity contribution in [3.63, 3.8) is 0 Å². The molecule has 8 nitrogen and oxygen atoms in total. The minimum Gasteiger partial charge on any atom is -0.496 e. The molecule has 4 rings (SSSR count). The molecule has 0 heterocycles. The number of hydrazone groups is 1. The number of hydrogen-bond donors (Lipinski definition) is 2. The second-order valence-electron chi connectivity index (χ2n) is 7.84. The van der Waals surface area contributed by atoms with E-state index >= 15 is 0 Å². The zero-order chi connectivity index (χ0) is 26.2. The van der Waals surface area contributed by atoms with Crippen LogP contribution in [0.25, 0.3) is 10.8 Å². The summed E-state index contributed by atoms with van der Waals surface area (Å²) in [7, 11) is 2.96. The van der Waals surface area contributed by atoms with Gasteiger partial charge in [-0.05, 0) is 52.7 Å². The maximum Gasteiger partial charge on any atom is 0.275 e. The number of amides is 2. The summed E-state index contributed by atoms with van der Waals surface area (Å²) in [6.07, 6.45) is 1.42. The second-order valence-corrected chi connectivity index (χ2v) is 8.24. The number of halogens is 1. The molecule has 0 fully saturated rings. The zero-order valence-corrected chi connectivity index (χ0v) is 20.9. The SMILES string of the molecule is COc1cc2ccccc2cc1C(=O)N/N=C\c1cc(Cl)c(OCC(=O)Nc2ccccc2)c(OC)c1. The maximum absolute atomic E-state index is 12.8. The Hall–Kier alpha value is -4.56. The molecule has 0 aliphatic rings. The van der Waals surface area contributed by atoms with Crippen LogP contribution in [0, 0.1) is 0 Å². The molecule has 0 aliphatic heterocycles. The number of rotatable bonds is 9. The van der Waals surface area contributed by atoms with Crippen molar-refractivity contribution in [1.82, 2.24) is 5.43 Å². The van der Waals surface area contributed by atoms with Crippen LogP contribution in [0.15, 0.2) is 84.0 Å². The molecule has 0 bridgehead atoms.